The van der Waals surface area contributed by atoms with Crippen molar-refractivity contribution in [2.24, 2.45) is 5.73 Å². The number of ether oxygens (including phenoxy) is 1. The molecule has 13 heteroatoms. The second-order valence-corrected chi connectivity index (χ2v) is 12.4. The summed E-state index contributed by atoms with van der Waals surface area (Å²) in [6.07, 6.45) is 2.94. The third kappa shape index (κ3) is 9.60. The highest BCUT2D eigenvalue weighted by Crippen LogP contribution is 2.39. The number of carbonyl (C=O) groups is 3. The molecule has 0 saturated carbocycles. The molecule has 1 fully saturated rings. The number of alkyl carbamates (subject to hydrolysis) is 1. The lowest BCUT2D eigenvalue weighted by atomic mass is 9.82. The van der Waals surface area contributed by atoms with Gasteiger partial charge in [0.25, 0.3) is 0 Å². The number of imidazole rings is 1. The normalized spacial score (nSPS) is 18.3. The van der Waals surface area contributed by atoms with Crippen LogP contribution in [-0.4, -0.2) is 73.7 Å². The maximum Gasteiger partial charge on any atom is 0.408 e. The molecule has 0 bridgehead atoms. The molecule has 3 amide bonds. The Bertz CT molecular complexity index is 1410. The van der Waals surface area contributed by atoms with Crippen LogP contribution in [0, 0.1) is 10.8 Å². The van der Waals surface area contributed by atoms with Gasteiger partial charge in [0.1, 0.15) is 18.2 Å². The summed E-state index contributed by atoms with van der Waals surface area (Å²) >= 11 is 0. The van der Waals surface area contributed by atoms with Gasteiger partial charge in [0.15, 0.2) is 0 Å². The summed E-state index contributed by atoms with van der Waals surface area (Å²) in [6, 6.07) is 16.9. The maximum atomic E-state index is 13.8. The number of aromatic nitrogens is 2. The SMILES string of the molecule is CC(C)(C)N1CCC[C@@]1(C[C@@H](O)[C@H](Cc1ccccc1)NC(=O)[C@H](Cc1cnc[nH]1)NC(=O)OCc1ccccc1)C(N)=O.N#N. The number of nitrogens with two attached hydrogens (primary N) is 1. The van der Waals surface area contributed by atoms with E-state index in [1.165, 1.54) is 6.33 Å². The van der Waals surface area contributed by atoms with Crippen LogP contribution in [0.15, 0.2) is 73.2 Å². The van der Waals surface area contributed by atoms with Gasteiger partial charge in [-0.05, 0) is 57.7 Å². The van der Waals surface area contributed by atoms with Gasteiger partial charge in [-0.3, -0.25) is 14.5 Å². The third-order valence-corrected chi connectivity index (χ3v) is 8.19. The van der Waals surface area contributed by atoms with E-state index in [1.807, 2.05) is 81.4 Å². The second kappa shape index (κ2) is 16.5. The van der Waals surface area contributed by atoms with E-state index in [1.54, 1.807) is 6.20 Å². The Balaban J connectivity index is 0.00000282. The number of nitrogens with zero attached hydrogens (tertiary/aromatic N) is 4. The number of aliphatic hydroxyl groups is 1. The molecule has 1 aliphatic heterocycles. The van der Waals surface area contributed by atoms with Crippen LogP contribution >= 0.6 is 0 Å². The zero-order valence-electron chi connectivity index (χ0n) is 26.6. The van der Waals surface area contributed by atoms with Crippen molar-refractivity contribution in [1.82, 2.24) is 25.5 Å². The number of hydrogen-bond donors (Lipinski definition) is 5. The average molecular weight is 633 g/mol. The van der Waals surface area contributed by atoms with Crippen molar-refractivity contribution in [3.05, 3.63) is 90.0 Å². The van der Waals surface area contributed by atoms with E-state index >= 15 is 0 Å². The van der Waals surface area contributed by atoms with E-state index < -0.39 is 41.6 Å². The summed E-state index contributed by atoms with van der Waals surface area (Å²) in [6.45, 7) is 6.78. The zero-order chi connectivity index (χ0) is 33.7. The topological polar surface area (TPSA) is 210 Å². The predicted molar refractivity (Wildman–Crippen MR) is 170 cm³/mol. The highest BCUT2D eigenvalue weighted by atomic mass is 16.5. The van der Waals surface area contributed by atoms with Crippen molar-refractivity contribution in [2.75, 3.05) is 6.54 Å². The van der Waals surface area contributed by atoms with E-state index in [0.717, 1.165) is 17.5 Å². The number of likely N-dealkylation sites (tertiary alicyclic amines) is 1. The number of aromatic amines is 1. The summed E-state index contributed by atoms with van der Waals surface area (Å²) in [5, 5.41) is 29.4. The molecule has 0 aliphatic carbocycles. The molecule has 3 aromatic rings. The Morgan fingerprint density at radius 2 is 1.67 bits per heavy atom. The molecular formula is C33H44N8O5. The van der Waals surface area contributed by atoms with Crippen molar-refractivity contribution < 1.29 is 24.2 Å². The van der Waals surface area contributed by atoms with Gasteiger partial charge < -0.3 is 31.2 Å². The fraction of sp³-hybridized carbons (Fsp3) is 0.455. The molecule has 2 aromatic carbocycles. The van der Waals surface area contributed by atoms with Gasteiger partial charge in [0.2, 0.25) is 11.8 Å². The molecule has 46 heavy (non-hydrogen) atoms. The van der Waals surface area contributed by atoms with Crippen LogP contribution in [0.3, 0.4) is 0 Å². The largest absolute Gasteiger partial charge is 0.445 e. The van der Waals surface area contributed by atoms with Gasteiger partial charge >= 0.3 is 6.09 Å². The summed E-state index contributed by atoms with van der Waals surface area (Å²) in [4.78, 5) is 48.7. The van der Waals surface area contributed by atoms with Gasteiger partial charge in [-0.25, -0.2) is 9.78 Å². The first-order valence-corrected chi connectivity index (χ1v) is 15.2. The van der Waals surface area contributed by atoms with Gasteiger partial charge in [-0.2, -0.15) is 0 Å². The first-order valence-electron chi connectivity index (χ1n) is 15.2. The Hall–Kier alpha value is -4.80. The summed E-state index contributed by atoms with van der Waals surface area (Å²) in [5.74, 6) is -1.00. The molecule has 4 atom stereocenters. The van der Waals surface area contributed by atoms with Crippen molar-refractivity contribution in [1.29, 1.82) is 10.8 Å². The van der Waals surface area contributed by atoms with E-state index in [-0.39, 0.29) is 25.0 Å². The van der Waals surface area contributed by atoms with Crippen LogP contribution in [0.5, 0.6) is 0 Å². The van der Waals surface area contributed by atoms with Gasteiger partial charge in [0.05, 0.1) is 18.5 Å². The molecule has 1 aliphatic rings. The molecule has 246 valence electrons. The lowest BCUT2D eigenvalue weighted by molar-refractivity contribution is -0.135. The number of carbonyl (C=O) groups excluding carboxylic acids is 3. The second-order valence-electron chi connectivity index (χ2n) is 12.4. The molecule has 0 unspecified atom stereocenters. The van der Waals surface area contributed by atoms with E-state index in [9.17, 15) is 19.5 Å². The molecule has 1 saturated heterocycles. The van der Waals surface area contributed by atoms with Gasteiger partial charge in [0, 0.05) is 41.1 Å². The molecule has 6 N–H and O–H groups in total. The first kappa shape index (κ1) is 35.7. The smallest absolute Gasteiger partial charge is 0.408 e. The maximum absolute atomic E-state index is 13.8. The molecular weight excluding hydrogens is 588 g/mol. The zero-order valence-corrected chi connectivity index (χ0v) is 26.6. The van der Waals surface area contributed by atoms with Crippen molar-refractivity contribution in [3.63, 3.8) is 0 Å². The van der Waals surface area contributed by atoms with Crippen molar-refractivity contribution in [3.8, 4) is 0 Å². The van der Waals surface area contributed by atoms with E-state index in [2.05, 4.69) is 25.5 Å². The number of aliphatic hydroxyl groups excluding tert-OH is 1. The number of H-pyrrole nitrogens is 1. The third-order valence-electron chi connectivity index (χ3n) is 8.19. The number of benzene rings is 2. The number of rotatable bonds is 13. The minimum absolute atomic E-state index is 0.0416. The molecule has 0 spiro atoms. The van der Waals surface area contributed by atoms with Gasteiger partial charge in [-0.15, -0.1) is 0 Å². The number of hydrogen-bond acceptors (Lipinski definition) is 9. The lowest BCUT2D eigenvalue weighted by Crippen LogP contribution is -2.63. The van der Waals surface area contributed by atoms with Crippen molar-refractivity contribution in [2.45, 2.75) is 88.7 Å². The Labute approximate surface area is 269 Å². The summed E-state index contributed by atoms with van der Waals surface area (Å²) in [7, 11) is 0. The Morgan fingerprint density at radius 1 is 1.04 bits per heavy atom. The molecule has 2 heterocycles. The standard InChI is InChI=1S/C33H44N6O5.N2/c1-32(2,3)39-16-10-15-33(39,30(34)42)19-28(40)26(17-23-11-6-4-7-12-23)37-29(41)27(18-25-20-35-22-36-25)38-31(43)44-21-24-13-8-5-9-14-24;1-2/h4-9,11-14,20,22,26-28,40H,10,15-19,21H2,1-3H3,(H2,34,42)(H,35,36)(H,37,41)(H,38,43);/t26-,27-,28+,33+;/m0./s1. The fourth-order valence-corrected chi connectivity index (χ4v) is 6.08. The van der Waals surface area contributed by atoms with Crippen LogP contribution in [0.4, 0.5) is 4.79 Å². The minimum Gasteiger partial charge on any atom is -0.445 e. The summed E-state index contributed by atoms with van der Waals surface area (Å²) < 4.78 is 5.39. The Kier molecular flexibility index (Phi) is 12.8. The highest BCUT2D eigenvalue weighted by Gasteiger charge is 2.51. The quantitative estimate of drug-likeness (QED) is 0.175. The van der Waals surface area contributed by atoms with Crippen LogP contribution in [-0.2, 0) is 33.8 Å². The van der Waals surface area contributed by atoms with Crippen LogP contribution < -0.4 is 16.4 Å². The minimum atomic E-state index is -1.12. The van der Waals surface area contributed by atoms with Crippen molar-refractivity contribution >= 4 is 17.9 Å². The fourth-order valence-electron chi connectivity index (χ4n) is 6.08. The Morgan fingerprint density at radius 3 is 2.24 bits per heavy atom. The summed E-state index contributed by atoms with van der Waals surface area (Å²) in [5.41, 5.74) is 6.93. The monoisotopic (exact) mass is 632 g/mol. The highest BCUT2D eigenvalue weighted by molar-refractivity contribution is 5.86. The molecule has 13 nitrogen and oxygen atoms in total. The number of amides is 3. The van der Waals surface area contributed by atoms with Gasteiger partial charge in [-0.1, -0.05) is 60.7 Å². The van der Waals surface area contributed by atoms with E-state index in [4.69, 9.17) is 21.3 Å². The van der Waals surface area contributed by atoms with Crippen LogP contribution in [0.1, 0.15) is 56.9 Å². The predicted octanol–water partition coefficient (Wildman–Crippen LogP) is 2.87. The average Bonchev–Trinajstić information content (AvgIpc) is 3.72. The molecule has 1 aromatic heterocycles. The van der Waals surface area contributed by atoms with Crippen LogP contribution in [0.2, 0.25) is 0 Å². The molecule has 4 rings (SSSR count). The first-order chi connectivity index (χ1) is 22.0. The van der Waals surface area contributed by atoms with Crippen LogP contribution in [0.25, 0.3) is 0 Å². The lowest BCUT2D eigenvalue weighted by Gasteiger charge is -2.46. The van der Waals surface area contributed by atoms with E-state index in [0.29, 0.717) is 25.1 Å². The number of nitrogens with one attached hydrogen (secondary N) is 3. The number of primary amides is 1. The molecule has 0 radical (unpaired) electrons.